The van der Waals surface area contributed by atoms with Gasteiger partial charge in [0, 0.05) is 75.1 Å². The lowest BCUT2D eigenvalue weighted by molar-refractivity contribution is 0.632. The van der Waals surface area contributed by atoms with E-state index >= 15 is 0 Å². The number of anilines is 2. The summed E-state index contributed by atoms with van der Waals surface area (Å²) in [6.45, 7) is 9.54. The minimum absolute atomic E-state index is 0.265. The van der Waals surface area contributed by atoms with Crippen molar-refractivity contribution in [1.82, 2.24) is 34.3 Å². The van der Waals surface area contributed by atoms with Gasteiger partial charge >= 0.3 is 0 Å². The van der Waals surface area contributed by atoms with Gasteiger partial charge in [-0.1, -0.05) is 51.1 Å². The molecule has 5 heterocycles. The fourth-order valence-corrected chi connectivity index (χ4v) is 4.66. The van der Waals surface area contributed by atoms with E-state index in [4.69, 9.17) is 9.97 Å². The smallest absolute Gasteiger partial charge is 0.225 e. The number of aromatic nitrogens is 7. The van der Waals surface area contributed by atoms with Crippen LogP contribution in [-0.2, 0) is 7.05 Å². The van der Waals surface area contributed by atoms with Gasteiger partial charge in [0.25, 0.3) is 0 Å². The highest BCUT2D eigenvalue weighted by Gasteiger charge is 2.23. The summed E-state index contributed by atoms with van der Waals surface area (Å²) in [4.78, 5) is 18.6. The van der Waals surface area contributed by atoms with E-state index in [-0.39, 0.29) is 5.92 Å². The van der Waals surface area contributed by atoms with Gasteiger partial charge in [0.05, 0.1) is 6.20 Å². The topological polar surface area (TPSA) is 80.3 Å². The summed E-state index contributed by atoms with van der Waals surface area (Å²) in [5.74, 6) is 1.99. The minimum atomic E-state index is 0.265. The lowest BCUT2D eigenvalue weighted by atomic mass is 9.96. The van der Waals surface area contributed by atoms with Gasteiger partial charge in [-0.15, -0.1) is 0 Å². The number of hydrogen-bond acceptors (Lipinski definition) is 7. The zero-order chi connectivity index (χ0) is 25.8. The first-order valence-electron chi connectivity index (χ1n) is 12.8. The molecule has 1 atom stereocenters. The average Bonchev–Trinajstić information content (AvgIpc) is 3.61. The molecule has 37 heavy (non-hydrogen) atoms. The lowest BCUT2D eigenvalue weighted by Gasteiger charge is -2.35. The van der Waals surface area contributed by atoms with Crippen LogP contribution in [0.4, 0.5) is 11.8 Å². The van der Waals surface area contributed by atoms with Crippen LogP contribution in [0.1, 0.15) is 37.8 Å². The lowest BCUT2D eigenvalue weighted by Crippen LogP contribution is -2.47. The molecular weight excluding hydrogens is 462 g/mol. The van der Waals surface area contributed by atoms with Crippen LogP contribution in [0.15, 0.2) is 73.7 Å². The second kappa shape index (κ2) is 10.8. The Labute approximate surface area is 217 Å². The van der Waals surface area contributed by atoms with Gasteiger partial charge in [-0.05, 0) is 17.2 Å². The molecule has 0 unspecified atom stereocenters. The summed E-state index contributed by atoms with van der Waals surface area (Å²) in [6.07, 6.45) is 11.4. The highest BCUT2D eigenvalue weighted by molar-refractivity contribution is 5.77. The molecule has 6 rings (SSSR count). The van der Waals surface area contributed by atoms with Gasteiger partial charge in [0.1, 0.15) is 11.8 Å². The molecule has 1 fully saturated rings. The highest BCUT2D eigenvalue weighted by atomic mass is 15.4. The molecule has 0 bridgehead atoms. The van der Waals surface area contributed by atoms with E-state index in [9.17, 15) is 0 Å². The fourth-order valence-electron chi connectivity index (χ4n) is 4.66. The van der Waals surface area contributed by atoms with Crippen LogP contribution in [0.2, 0.25) is 0 Å². The Morgan fingerprint density at radius 2 is 1.46 bits per heavy atom. The van der Waals surface area contributed by atoms with Crippen LogP contribution >= 0.6 is 0 Å². The van der Waals surface area contributed by atoms with Crippen molar-refractivity contribution < 1.29 is 0 Å². The van der Waals surface area contributed by atoms with Gasteiger partial charge in [0.2, 0.25) is 5.95 Å². The molecule has 1 saturated heterocycles. The molecule has 1 aliphatic heterocycles. The van der Waals surface area contributed by atoms with Crippen LogP contribution < -0.4 is 9.80 Å². The first kappa shape index (κ1) is 24.4. The van der Waals surface area contributed by atoms with Crippen molar-refractivity contribution in [3.05, 3.63) is 84.8 Å². The maximum atomic E-state index is 4.69. The van der Waals surface area contributed by atoms with Gasteiger partial charge in [-0.2, -0.15) is 10.2 Å². The number of nitrogens with zero attached hydrogens (tertiary/aromatic N) is 9. The third-order valence-electron chi connectivity index (χ3n) is 6.74. The van der Waals surface area contributed by atoms with E-state index in [0.717, 1.165) is 60.2 Å². The van der Waals surface area contributed by atoms with Crippen molar-refractivity contribution in [2.24, 2.45) is 7.05 Å². The first-order valence-corrected chi connectivity index (χ1v) is 12.8. The number of benzene rings is 1. The highest BCUT2D eigenvalue weighted by Crippen LogP contribution is 2.28. The normalized spacial score (nSPS) is 14.4. The molecule has 0 amide bonds. The van der Waals surface area contributed by atoms with Crippen molar-refractivity contribution in [2.45, 2.75) is 26.7 Å². The summed E-state index contributed by atoms with van der Waals surface area (Å²) < 4.78 is 3.70. The van der Waals surface area contributed by atoms with Crippen LogP contribution in [0.5, 0.6) is 0 Å². The molecule has 9 heteroatoms. The summed E-state index contributed by atoms with van der Waals surface area (Å²) in [6, 6.07) is 12.6. The number of aryl methyl sites for hydroxylation is 1. The Hall–Kier alpha value is -4.27. The SMILES string of the molecule is CC.C[C@@H](c1ccccc1)c1cnc(N2CCN(c3ncnn4cc(-c5cnn(C)c5)cc34)CC2)nc1. The predicted molar refractivity (Wildman–Crippen MR) is 147 cm³/mol. The molecule has 0 spiro atoms. The third kappa shape index (κ3) is 5.02. The molecule has 5 aromatic rings. The van der Waals surface area contributed by atoms with Crippen LogP contribution in [0.3, 0.4) is 0 Å². The molecule has 4 aromatic heterocycles. The van der Waals surface area contributed by atoms with E-state index < -0.39 is 0 Å². The van der Waals surface area contributed by atoms with E-state index in [1.807, 2.05) is 62.5 Å². The van der Waals surface area contributed by atoms with E-state index in [1.165, 1.54) is 5.56 Å². The summed E-state index contributed by atoms with van der Waals surface area (Å²) >= 11 is 0. The van der Waals surface area contributed by atoms with Gasteiger partial charge in [-0.25, -0.2) is 19.5 Å². The van der Waals surface area contributed by atoms with Gasteiger partial charge < -0.3 is 9.80 Å². The molecule has 1 aliphatic rings. The largest absolute Gasteiger partial charge is 0.351 e. The maximum absolute atomic E-state index is 4.69. The van der Waals surface area contributed by atoms with Crippen molar-refractivity contribution >= 4 is 17.3 Å². The summed E-state index contributed by atoms with van der Waals surface area (Å²) in [5.41, 5.74) is 5.54. The van der Waals surface area contributed by atoms with Crippen LogP contribution in [0.25, 0.3) is 16.6 Å². The van der Waals surface area contributed by atoms with Crippen LogP contribution in [0, 0.1) is 0 Å². The van der Waals surface area contributed by atoms with Gasteiger partial charge in [-0.3, -0.25) is 4.68 Å². The standard InChI is InChI=1S/C26H27N9.C2H6/c1-19(20-6-4-3-5-7-20)22-13-27-26(28-14-22)34-10-8-33(9-11-34)25-24-12-21(17-35(24)31-18-29-25)23-15-30-32(2)16-23;1-2/h3-7,12-19H,8-11H2,1-2H3;1-2H3/t19-;/m0./s1. The van der Waals surface area contributed by atoms with Gasteiger partial charge in [0.15, 0.2) is 5.82 Å². The zero-order valence-electron chi connectivity index (χ0n) is 21.9. The quantitative estimate of drug-likeness (QED) is 0.357. The molecule has 0 radical (unpaired) electrons. The number of fused-ring (bicyclic) bond motifs is 1. The monoisotopic (exact) mass is 495 g/mol. The first-order chi connectivity index (χ1) is 18.2. The Morgan fingerprint density at radius 3 is 2.14 bits per heavy atom. The molecule has 0 saturated carbocycles. The Kier molecular flexibility index (Phi) is 7.11. The van der Waals surface area contributed by atoms with E-state index in [2.05, 4.69) is 62.2 Å². The number of piperazine rings is 1. The molecular formula is C28H33N9. The van der Waals surface area contributed by atoms with E-state index in [0.29, 0.717) is 0 Å². The molecule has 9 nitrogen and oxygen atoms in total. The molecule has 0 aliphatic carbocycles. The fraction of sp³-hybridized carbons (Fsp3) is 0.321. The number of rotatable bonds is 5. The molecule has 190 valence electrons. The second-order valence-electron chi connectivity index (χ2n) is 8.97. The Balaban J connectivity index is 0.00000137. The van der Waals surface area contributed by atoms with Crippen molar-refractivity contribution in [3.8, 4) is 11.1 Å². The molecule has 1 aromatic carbocycles. The Morgan fingerprint density at radius 1 is 0.757 bits per heavy atom. The predicted octanol–water partition coefficient (Wildman–Crippen LogP) is 4.42. The van der Waals surface area contributed by atoms with Crippen molar-refractivity contribution in [3.63, 3.8) is 0 Å². The second-order valence-corrected chi connectivity index (χ2v) is 8.97. The number of hydrogen-bond donors (Lipinski definition) is 0. The zero-order valence-corrected chi connectivity index (χ0v) is 21.9. The average molecular weight is 496 g/mol. The van der Waals surface area contributed by atoms with E-state index in [1.54, 1.807) is 11.0 Å². The van der Waals surface area contributed by atoms with Crippen molar-refractivity contribution in [1.29, 1.82) is 0 Å². The minimum Gasteiger partial charge on any atom is -0.351 e. The molecule has 0 N–H and O–H groups in total. The Bertz CT molecular complexity index is 1430. The third-order valence-corrected chi connectivity index (χ3v) is 6.74. The van der Waals surface area contributed by atoms with Crippen LogP contribution in [-0.4, -0.2) is 60.5 Å². The van der Waals surface area contributed by atoms with Crippen molar-refractivity contribution in [2.75, 3.05) is 36.0 Å². The summed E-state index contributed by atoms with van der Waals surface area (Å²) in [5, 5.41) is 8.70. The summed E-state index contributed by atoms with van der Waals surface area (Å²) in [7, 11) is 1.92. The maximum Gasteiger partial charge on any atom is 0.225 e.